The monoisotopic (exact) mass is 380 g/mol. The average molecular weight is 380 g/mol. The Hall–Kier alpha value is -1.97. The third-order valence-corrected chi connectivity index (χ3v) is 6.04. The fourth-order valence-corrected chi connectivity index (χ4v) is 4.27. The lowest BCUT2D eigenvalue weighted by molar-refractivity contribution is 0.244. The lowest BCUT2D eigenvalue weighted by Crippen LogP contribution is -2.36. The number of likely N-dealkylation sites (tertiary alicyclic amines) is 1. The average Bonchev–Trinajstić information content (AvgIpc) is 3.21. The van der Waals surface area contributed by atoms with E-state index >= 15 is 0 Å². The van der Waals surface area contributed by atoms with Crippen molar-refractivity contribution >= 4 is 10.0 Å². The van der Waals surface area contributed by atoms with Crippen molar-refractivity contribution in [3.05, 3.63) is 36.0 Å². The second-order valence-electron chi connectivity index (χ2n) is 6.83. The maximum atomic E-state index is 12.6. The first-order valence-corrected chi connectivity index (χ1v) is 9.98. The molecule has 8 nitrogen and oxygen atoms in total. The van der Waals surface area contributed by atoms with Crippen molar-refractivity contribution in [3.63, 3.8) is 0 Å². The minimum Gasteiger partial charge on any atom is -0.497 e. The zero-order chi connectivity index (χ0) is 18.9. The van der Waals surface area contributed by atoms with Crippen LogP contribution in [0.25, 0.3) is 0 Å². The summed E-state index contributed by atoms with van der Waals surface area (Å²) in [7, 11) is -0.142. The number of aromatic nitrogens is 2. The van der Waals surface area contributed by atoms with Gasteiger partial charge in [-0.05, 0) is 37.7 Å². The summed E-state index contributed by atoms with van der Waals surface area (Å²) in [6.07, 6.45) is 0.575. The first-order chi connectivity index (χ1) is 12.3. The van der Waals surface area contributed by atoms with Gasteiger partial charge in [0, 0.05) is 18.5 Å². The second-order valence-corrected chi connectivity index (χ2v) is 8.54. The third-order valence-electron chi connectivity index (χ3n) is 4.50. The molecular formula is C17H24N4O4S. The van der Waals surface area contributed by atoms with E-state index in [4.69, 9.17) is 9.26 Å². The van der Waals surface area contributed by atoms with Crippen molar-refractivity contribution in [2.24, 2.45) is 0 Å². The Morgan fingerprint density at radius 3 is 2.58 bits per heavy atom. The van der Waals surface area contributed by atoms with Crippen LogP contribution >= 0.6 is 0 Å². The minimum atomic E-state index is -3.60. The molecule has 142 valence electrons. The predicted octanol–water partition coefficient (Wildman–Crippen LogP) is 1.93. The molecule has 1 fully saturated rings. The number of hydrogen-bond donors (Lipinski definition) is 1. The fraction of sp³-hybridized carbons (Fsp3) is 0.529. The highest BCUT2D eigenvalue weighted by Gasteiger charge is 2.36. The van der Waals surface area contributed by atoms with E-state index in [1.54, 1.807) is 19.2 Å². The number of benzene rings is 1. The molecule has 2 atom stereocenters. The van der Waals surface area contributed by atoms with Gasteiger partial charge in [-0.1, -0.05) is 19.0 Å². The van der Waals surface area contributed by atoms with E-state index < -0.39 is 10.0 Å². The Morgan fingerprint density at radius 2 is 2.00 bits per heavy atom. The van der Waals surface area contributed by atoms with Crippen molar-refractivity contribution in [2.75, 3.05) is 20.7 Å². The second kappa shape index (κ2) is 7.34. The summed E-state index contributed by atoms with van der Waals surface area (Å²) in [6, 6.07) is 5.99. The molecule has 9 heteroatoms. The van der Waals surface area contributed by atoms with Gasteiger partial charge in [-0.25, -0.2) is 13.1 Å². The minimum absolute atomic E-state index is 0.0985. The molecule has 1 saturated heterocycles. The zero-order valence-corrected chi connectivity index (χ0v) is 16.2. The van der Waals surface area contributed by atoms with E-state index in [-0.39, 0.29) is 22.9 Å². The number of methoxy groups -OCH3 is 1. The maximum Gasteiger partial charge on any atom is 0.244 e. The van der Waals surface area contributed by atoms with E-state index in [0.717, 1.165) is 0 Å². The summed E-state index contributed by atoms with van der Waals surface area (Å²) in [5.74, 6) is 1.99. The Labute approximate surface area is 153 Å². The van der Waals surface area contributed by atoms with Crippen LogP contribution in [0.15, 0.2) is 33.7 Å². The Balaban J connectivity index is 1.70. The van der Waals surface area contributed by atoms with Gasteiger partial charge in [0.25, 0.3) is 0 Å². The highest BCUT2D eigenvalue weighted by molar-refractivity contribution is 7.89. The molecule has 0 radical (unpaired) electrons. The highest BCUT2D eigenvalue weighted by Crippen LogP contribution is 2.31. The van der Waals surface area contributed by atoms with Gasteiger partial charge in [0.2, 0.25) is 15.9 Å². The highest BCUT2D eigenvalue weighted by atomic mass is 32.2. The normalized spacial score (nSPS) is 21.4. The van der Waals surface area contributed by atoms with E-state index in [1.807, 2.05) is 25.8 Å². The number of hydrogen-bond acceptors (Lipinski definition) is 7. The van der Waals surface area contributed by atoms with E-state index in [2.05, 4.69) is 14.9 Å². The van der Waals surface area contributed by atoms with Crippen LogP contribution in [0.3, 0.4) is 0 Å². The Kier molecular flexibility index (Phi) is 5.31. The molecule has 1 aromatic heterocycles. The summed E-state index contributed by atoms with van der Waals surface area (Å²) < 4.78 is 38.4. The number of sulfonamides is 1. The van der Waals surface area contributed by atoms with Gasteiger partial charge in [-0.15, -0.1) is 0 Å². The van der Waals surface area contributed by atoms with Crippen molar-refractivity contribution in [3.8, 4) is 5.75 Å². The van der Waals surface area contributed by atoms with Crippen LogP contribution in [0.1, 0.15) is 43.9 Å². The Morgan fingerprint density at radius 1 is 1.31 bits per heavy atom. The van der Waals surface area contributed by atoms with E-state index in [9.17, 15) is 8.42 Å². The van der Waals surface area contributed by atoms with E-state index in [0.29, 0.717) is 30.4 Å². The molecule has 3 rings (SSSR count). The summed E-state index contributed by atoms with van der Waals surface area (Å²) in [5.41, 5.74) is 0. The molecule has 1 aromatic carbocycles. The first kappa shape index (κ1) is 18.8. The number of nitrogens with zero attached hydrogens (tertiary/aromatic N) is 3. The van der Waals surface area contributed by atoms with Gasteiger partial charge in [0.05, 0.1) is 18.0 Å². The fourth-order valence-electron chi connectivity index (χ4n) is 3.03. The third kappa shape index (κ3) is 3.89. The van der Waals surface area contributed by atoms with Gasteiger partial charge in [0.1, 0.15) is 5.75 Å². The molecule has 1 aliphatic heterocycles. The lowest BCUT2D eigenvalue weighted by Gasteiger charge is -2.14. The number of rotatable bonds is 6. The largest absolute Gasteiger partial charge is 0.497 e. The number of ether oxygens (including phenoxy) is 1. The van der Waals surface area contributed by atoms with Gasteiger partial charge in [0.15, 0.2) is 5.82 Å². The topological polar surface area (TPSA) is 97.6 Å². The zero-order valence-electron chi connectivity index (χ0n) is 15.3. The van der Waals surface area contributed by atoms with Crippen molar-refractivity contribution < 1.29 is 17.7 Å². The van der Waals surface area contributed by atoms with Gasteiger partial charge in [-0.2, -0.15) is 4.98 Å². The van der Waals surface area contributed by atoms with Crippen molar-refractivity contribution in [2.45, 2.75) is 43.2 Å². The summed E-state index contributed by atoms with van der Waals surface area (Å²) in [5, 5.41) is 3.99. The number of likely N-dealkylation sites (N-methyl/N-ethyl adjacent to an activating group) is 1. The molecule has 2 aromatic rings. The van der Waals surface area contributed by atoms with Gasteiger partial charge in [-0.3, -0.25) is 4.90 Å². The standard InChI is InChI=1S/C17H24N4O4S/c1-11(2)16-18-17(25-19-16)15-9-12(10-21(15)3)20-26(22,23)14-7-5-13(24-4)6-8-14/h5-8,11-12,15,20H,9-10H2,1-4H3/t12-,15-/m0/s1. The molecular weight excluding hydrogens is 356 g/mol. The number of nitrogens with one attached hydrogen (secondary N) is 1. The maximum absolute atomic E-state index is 12.6. The first-order valence-electron chi connectivity index (χ1n) is 8.50. The van der Waals surface area contributed by atoms with E-state index in [1.165, 1.54) is 12.1 Å². The lowest BCUT2D eigenvalue weighted by atomic mass is 10.2. The molecule has 0 unspecified atom stereocenters. The summed E-state index contributed by atoms with van der Waals surface area (Å²) >= 11 is 0. The molecule has 26 heavy (non-hydrogen) atoms. The molecule has 0 amide bonds. The van der Waals surface area contributed by atoms with Crippen LogP contribution < -0.4 is 9.46 Å². The molecule has 2 heterocycles. The molecule has 1 aliphatic rings. The van der Waals surface area contributed by atoms with Gasteiger partial charge < -0.3 is 9.26 Å². The quantitative estimate of drug-likeness (QED) is 0.817. The summed E-state index contributed by atoms with van der Waals surface area (Å²) in [4.78, 5) is 6.68. The van der Waals surface area contributed by atoms with Crippen LogP contribution in [0, 0.1) is 0 Å². The predicted molar refractivity (Wildman–Crippen MR) is 95.5 cm³/mol. The van der Waals surface area contributed by atoms with Crippen molar-refractivity contribution in [1.82, 2.24) is 19.8 Å². The van der Waals surface area contributed by atoms with Crippen molar-refractivity contribution in [1.29, 1.82) is 0 Å². The molecule has 0 spiro atoms. The van der Waals surface area contributed by atoms with Gasteiger partial charge >= 0.3 is 0 Å². The SMILES string of the molecule is COc1ccc(S(=O)(=O)N[C@H]2C[C@@H](c3nc(C(C)C)no3)N(C)C2)cc1. The summed E-state index contributed by atoms with van der Waals surface area (Å²) in [6.45, 7) is 4.57. The molecule has 0 aliphatic carbocycles. The van der Waals surface area contributed by atoms with Crippen LogP contribution in [-0.4, -0.2) is 50.2 Å². The van der Waals surface area contributed by atoms with Crippen LogP contribution in [-0.2, 0) is 10.0 Å². The van der Waals surface area contributed by atoms with Crippen LogP contribution in [0.2, 0.25) is 0 Å². The molecule has 1 N–H and O–H groups in total. The van der Waals surface area contributed by atoms with Crippen LogP contribution in [0.4, 0.5) is 0 Å². The smallest absolute Gasteiger partial charge is 0.244 e. The molecule has 0 saturated carbocycles. The van der Waals surface area contributed by atoms with Crippen LogP contribution in [0.5, 0.6) is 5.75 Å². The molecule has 0 bridgehead atoms. The Bertz CT molecular complexity index is 848.